The molecule has 0 aliphatic carbocycles. The first-order valence-corrected chi connectivity index (χ1v) is 7.09. The van der Waals surface area contributed by atoms with Crippen molar-refractivity contribution in [2.24, 2.45) is 10.2 Å². The Hall–Kier alpha value is -2.41. The Balaban J connectivity index is 1.70. The number of amidine groups is 1. The average Bonchev–Trinajstić information content (AvgIpc) is 3.09. The van der Waals surface area contributed by atoms with E-state index in [0.717, 1.165) is 5.56 Å². The Morgan fingerprint density at radius 1 is 1.24 bits per heavy atom. The minimum Gasteiger partial charge on any atom is -0.455 e. The quantitative estimate of drug-likeness (QED) is 0.700. The van der Waals surface area contributed by atoms with Crippen LogP contribution in [0.5, 0.6) is 0 Å². The highest BCUT2D eigenvalue weighted by atomic mass is 32.2. The first-order chi connectivity index (χ1) is 10.2. The highest BCUT2D eigenvalue weighted by Crippen LogP contribution is 2.21. The number of nitrogens with zero attached hydrogens (tertiary/aromatic N) is 2. The summed E-state index contributed by atoms with van der Waals surface area (Å²) in [4.78, 5) is 11.0. The third-order valence-electron chi connectivity index (χ3n) is 2.68. The van der Waals surface area contributed by atoms with E-state index in [1.165, 1.54) is 30.1 Å². The van der Waals surface area contributed by atoms with Gasteiger partial charge >= 0.3 is 0 Å². The van der Waals surface area contributed by atoms with Gasteiger partial charge in [-0.3, -0.25) is 4.79 Å². The van der Waals surface area contributed by atoms with Crippen molar-refractivity contribution in [3.8, 4) is 11.3 Å². The molecule has 0 spiro atoms. The SMILES string of the molecule is O=C1CSC(=N/N=C\c2ccc(-c3ccc(F)cc3)o2)N1. The normalized spacial score (nSPS) is 16.8. The Morgan fingerprint density at radius 2 is 2.05 bits per heavy atom. The van der Waals surface area contributed by atoms with E-state index in [9.17, 15) is 9.18 Å². The van der Waals surface area contributed by atoms with Crippen LogP contribution >= 0.6 is 11.8 Å². The van der Waals surface area contributed by atoms with Gasteiger partial charge in [-0.25, -0.2) is 4.39 Å². The number of furan rings is 1. The van der Waals surface area contributed by atoms with E-state index in [1.54, 1.807) is 24.3 Å². The summed E-state index contributed by atoms with van der Waals surface area (Å²) >= 11 is 1.30. The molecule has 1 aromatic carbocycles. The number of halogens is 1. The van der Waals surface area contributed by atoms with Gasteiger partial charge in [-0.05, 0) is 36.4 Å². The number of thioether (sulfide) groups is 1. The van der Waals surface area contributed by atoms with Crippen molar-refractivity contribution in [3.05, 3.63) is 48.0 Å². The summed E-state index contributed by atoms with van der Waals surface area (Å²) in [5, 5.41) is 10.8. The van der Waals surface area contributed by atoms with Gasteiger partial charge in [0.25, 0.3) is 0 Å². The fraction of sp³-hybridized carbons (Fsp3) is 0.0714. The molecular weight excluding hydrogens is 293 g/mol. The second kappa shape index (κ2) is 5.92. The maximum Gasteiger partial charge on any atom is 0.236 e. The van der Waals surface area contributed by atoms with E-state index in [-0.39, 0.29) is 11.7 Å². The lowest BCUT2D eigenvalue weighted by atomic mass is 10.2. The largest absolute Gasteiger partial charge is 0.455 e. The van der Waals surface area contributed by atoms with E-state index < -0.39 is 0 Å². The number of hydrogen-bond donors (Lipinski definition) is 1. The number of hydrogen-bond acceptors (Lipinski definition) is 5. The van der Waals surface area contributed by atoms with Crippen molar-refractivity contribution in [1.82, 2.24) is 5.32 Å². The maximum atomic E-state index is 12.9. The van der Waals surface area contributed by atoms with E-state index in [4.69, 9.17) is 4.42 Å². The third kappa shape index (κ3) is 3.38. The lowest BCUT2D eigenvalue weighted by Crippen LogP contribution is -2.19. The summed E-state index contributed by atoms with van der Waals surface area (Å²) < 4.78 is 18.4. The molecule has 1 aliphatic rings. The van der Waals surface area contributed by atoms with Crippen molar-refractivity contribution < 1.29 is 13.6 Å². The molecule has 106 valence electrons. The summed E-state index contributed by atoms with van der Waals surface area (Å²) in [5.74, 6) is 1.13. The van der Waals surface area contributed by atoms with Gasteiger partial charge in [0.15, 0.2) is 5.17 Å². The predicted octanol–water partition coefficient (Wildman–Crippen LogP) is 2.64. The van der Waals surface area contributed by atoms with Crippen molar-refractivity contribution in [2.75, 3.05) is 5.75 Å². The summed E-state index contributed by atoms with van der Waals surface area (Å²) in [5.41, 5.74) is 0.779. The van der Waals surface area contributed by atoms with Gasteiger partial charge in [0.05, 0.1) is 12.0 Å². The fourth-order valence-electron chi connectivity index (χ4n) is 1.71. The van der Waals surface area contributed by atoms with Crippen molar-refractivity contribution in [2.45, 2.75) is 0 Å². The molecule has 1 saturated heterocycles. The standard InChI is InChI=1S/C14H10FN3O2S/c15-10-3-1-9(2-4-10)12-6-5-11(20-12)7-16-18-14-17-13(19)8-21-14/h1-7H,8H2,(H,17,18,19)/b16-7-. The zero-order valence-corrected chi connectivity index (χ0v) is 11.6. The zero-order chi connectivity index (χ0) is 14.7. The van der Waals surface area contributed by atoms with Crippen LogP contribution < -0.4 is 5.32 Å². The van der Waals surface area contributed by atoms with Crippen molar-refractivity contribution >= 4 is 29.1 Å². The second-order valence-electron chi connectivity index (χ2n) is 4.20. The molecule has 5 nitrogen and oxygen atoms in total. The van der Waals surface area contributed by atoms with E-state index >= 15 is 0 Å². The lowest BCUT2D eigenvalue weighted by molar-refractivity contribution is -0.116. The predicted molar refractivity (Wildman–Crippen MR) is 79.7 cm³/mol. The number of carbonyl (C=O) groups excluding carboxylic acids is 1. The molecule has 3 rings (SSSR count). The Morgan fingerprint density at radius 3 is 2.76 bits per heavy atom. The topological polar surface area (TPSA) is 67.0 Å². The summed E-state index contributed by atoms with van der Waals surface area (Å²) in [6.45, 7) is 0. The number of carbonyl (C=O) groups is 1. The lowest BCUT2D eigenvalue weighted by Gasteiger charge is -1.95. The molecule has 2 heterocycles. The molecule has 0 bridgehead atoms. The first-order valence-electron chi connectivity index (χ1n) is 6.10. The third-order valence-corrected chi connectivity index (χ3v) is 3.54. The van der Waals surface area contributed by atoms with Gasteiger partial charge in [0.2, 0.25) is 5.91 Å². The molecule has 0 radical (unpaired) electrons. The summed E-state index contributed by atoms with van der Waals surface area (Å²) in [6, 6.07) is 9.53. The molecule has 7 heteroatoms. The molecule has 1 N–H and O–H groups in total. The van der Waals surface area contributed by atoms with Gasteiger partial charge in [0, 0.05) is 5.56 Å². The fourth-order valence-corrected chi connectivity index (χ4v) is 2.34. The molecule has 0 saturated carbocycles. The van der Waals surface area contributed by atoms with Crippen LogP contribution in [0.4, 0.5) is 4.39 Å². The number of amides is 1. The molecule has 21 heavy (non-hydrogen) atoms. The number of nitrogens with one attached hydrogen (secondary N) is 1. The minimum atomic E-state index is -0.293. The van der Waals surface area contributed by atoms with Gasteiger partial charge in [0.1, 0.15) is 17.3 Å². The number of benzene rings is 1. The summed E-state index contributed by atoms with van der Waals surface area (Å²) in [7, 11) is 0. The summed E-state index contributed by atoms with van der Waals surface area (Å²) in [6.07, 6.45) is 1.45. The van der Waals surface area contributed by atoms with Crippen LogP contribution in [-0.4, -0.2) is 23.0 Å². The van der Waals surface area contributed by atoms with E-state index in [1.807, 2.05) is 0 Å². The van der Waals surface area contributed by atoms with Crippen LogP contribution in [0.3, 0.4) is 0 Å². The number of rotatable bonds is 3. The van der Waals surface area contributed by atoms with Gasteiger partial charge in [-0.15, -0.1) is 5.10 Å². The zero-order valence-electron chi connectivity index (χ0n) is 10.7. The molecule has 2 aromatic rings. The van der Waals surface area contributed by atoms with Crippen molar-refractivity contribution in [3.63, 3.8) is 0 Å². The van der Waals surface area contributed by atoms with Gasteiger partial charge in [-0.2, -0.15) is 5.10 Å². The Bertz CT molecular complexity index is 722. The molecule has 0 unspecified atom stereocenters. The van der Waals surface area contributed by atoms with Gasteiger partial charge < -0.3 is 9.73 Å². The van der Waals surface area contributed by atoms with E-state index in [0.29, 0.717) is 22.4 Å². The van der Waals surface area contributed by atoms with Crippen LogP contribution in [0.15, 0.2) is 51.0 Å². The van der Waals surface area contributed by atoms with Crippen LogP contribution in [0.2, 0.25) is 0 Å². The van der Waals surface area contributed by atoms with Crippen LogP contribution in [0.25, 0.3) is 11.3 Å². The highest BCUT2D eigenvalue weighted by molar-refractivity contribution is 8.15. The first kappa shape index (κ1) is 13.6. The van der Waals surface area contributed by atoms with Crippen LogP contribution in [-0.2, 0) is 4.79 Å². The molecule has 0 atom stereocenters. The van der Waals surface area contributed by atoms with Crippen molar-refractivity contribution in [1.29, 1.82) is 0 Å². The highest BCUT2D eigenvalue weighted by Gasteiger charge is 2.15. The molecule has 1 aliphatic heterocycles. The maximum absolute atomic E-state index is 12.9. The molecule has 1 fully saturated rings. The Kier molecular flexibility index (Phi) is 3.83. The smallest absolute Gasteiger partial charge is 0.236 e. The second-order valence-corrected chi connectivity index (χ2v) is 5.16. The minimum absolute atomic E-state index is 0.0782. The van der Waals surface area contributed by atoms with Crippen LogP contribution in [0.1, 0.15) is 5.76 Å². The molecule has 1 aromatic heterocycles. The molecule has 1 amide bonds. The van der Waals surface area contributed by atoms with E-state index in [2.05, 4.69) is 15.5 Å². The molecular formula is C14H10FN3O2S. The van der Waals surface area contributed by atoms with Gasteiger partial charge in [-0.1, -0.05) is 11.8 Å². The average molecular weight is 303 g/mol. The van der Waals surface area contributed by atoms with Crippen LogP contribution in [0, 0.1) is 5.82 Å². The Labute approximate surface area is 123 Å². The monoisotopic (exact) mass is 303 g/mol.